The Morgan fingerprint density at radius 2 is 2.28 bits per heavy atom. The molecular weight excluding hydrogens is 239 g/mol. The molecule has 0 bridgehead atoms. The topological polar surface area (TPSA) is 63.4 Å². The predicted molar refractivity (Wildman–Crippen MR) is 62.7 cm³/mol. The summed E-state index contributed by atoms with van der Waals surface area (Å²) in [5, 5.41) is 10.7. The summed E-state index contributed by atoms with van der Waals surface area (Å²) in [6, 6.07) is 3.66. The van der Waals surface area contributed by atoms with Crippen LogP contribution in [-0.4, -0.2) is 28.8 Å². The standard InChI is InChI=1S/C12H13FN2O3/c1-2-14-6-5-9(12(14)16)8-3-4-10(13)11(7-8)15(17)18/h3-4,7,9H,2,5-6H2,1H3. The first-order valence-corrected chi connectivity index (χ1v) is 5.77. The van der Waals surface area contributed by atoms with Gasteiger partial charge in [0.05, 0.1) is 10.8 Å². The molecule has 1 aliphatic heterocycles. The van der Waals surface area contributed by atoms with E-state index >= 15 is 0 Å². The van der Waals surface area contributed by atoms with Crippen LogP contribution in [-0.2, 0) is 4.79 Å². The average Bonchev–Trinajstić information content (AvgIpc) is 2.71. The maximum atomic E-state index is 13.2. The molecule has 96 valence electrons. The molecule has 0 saturated carbocycles. The fraction of sp³-hybridized carbons (Fsp3) is 0.417. The lowest BCUT2D eigenvalue weighted by Gasteiger charge is -2.13. The van der Waals surface area contributed by atoms with Gasteiger partial charge in [0.2, 0.25) is 11.7 Å². The van der Waals surface area contributed by atoms with E-state index in [1.165, 1.54) is 6.07 Å². The molecule has 1 unspecified atom stereocenters. The number of nitro groups is 1. The van der Waals surface area contributed by atoms with Gasteiger partial charge in [0.25, 0.3) is 0 Å². The fourth-order valence-electron chi connectivity index (χ4n) is 2.25. The first-order valence-electron chi connectivity index (χ1n) is 5.77. The molecule has 0 spiro atoms. The fourth-order valence-corrected chi connectivity index (χ4v) is 2.25. The molecule has 1 aromatic rings. The second-order valence-electron chi connectivity index (χ2n) is 4.23. The van der Waals surface area contributed by atoms with Crippen molar-refractivity contribution in [3.63, 3.8) is 0 Å². The summed E-state index contributed by atoms with van der Waals surface area (Å²) in [7, 11) is 0. The highest BCUT2D eigenvalue weighted by Crippen LogP contribution is 2.31. The summed E-state index contributed by atoms with van der Waals surface area (Å²) in [6.45, 7) is 3.15. The number of halogens is 1. The van der Waals surface area contributed by atoms with Crippen LogP contribution in [0.1, 0.15) is 24.8 Å². The van der Waals surface area contributed by atoms with Crippen molar-refractivity contribution in [3.8, 4) is 0 Å². The molecule has 0 N–H and O–H groups in total. The number of carbonyl (C=O) groups is 1. The minimum absolute atomic E-state index is 0.0431. The minimum atomic E-state index is -0.874. The van der Waals surface area contributed by atoms with Gasteiger partial charge in [-0.25, -0.2) is 0 Å². The van der Waals surface area contributed by atoms with Crippen LogP contribution in [0.5, 0.6) is 0 Å². The Bertz CT molecular complexity index is 504. The van der Waals surface area contributed by atoms with Gasteiger partial charge in [0, 0.05) is 19.2 Å². The number of rotatable bonds is 3. The van der Waals surface area contributed by atoms with Crippen molar-refractivity contribution in [2.75, 3.05) is 13.1 Å². The van der Waals surface area contributed by atoms with Crippen LogP contribution in [0.15, 0.2) is 18.2 Å². The molecule has 1 fully saturated rings. The molecular formula is C12H13FN2O3. The quantitative estimate of drug-likeness (QED) is 0.611. The number of hydrogen-bond donors (Lipinski definition) is 0. The van der Waals surface area contributed by atoms with E-state index in [4.69, 9.17) is 0 Å². The highest BCUT2D eigenvalue weighted by Gasteiger charge is 2.32. The van der Waals surface area contributed by atoms with Crippen molar-refractivity contribution >= 4 is 11.6 Å². The number of likely N-dealkylation sites (N-methyl/N-ethyl adjacent to an activating group) is 1. The summed E-state index contributed by atoms with van der Waals surface area (Å²) < 4.78 is 13.2. The molecule has 1 amide bonds. The summed E-state index contributed by atoms with van der Waals surface area (Å²) in [5.41, 5.74) is -0.0562. The van der Waals surface area contributed by atoms with Gasteiger partial charge in [-0.3, -0.25) is 14.9 Å². The Morgan fingerprint density at radius 1 is 1.56 bits per heavy atom. The Morgan fingerprint density at radius 3 is 2.83 bits per heavy atom. The van der Waals surface area contributed by atoms with Crippen LogP contribution in [0.3, 0.4) is 0 Å². The zero-order chi connectivity index (χ0) is 13.3. The number of benzene rings is 1. The van der Waals surface area contributed by atoms with E-state index in [9.17, 15) is 19.3 Å². The molecule has 1 aromatic carbocycles. The first kappa shape index (κ1) is 12.5. The van der Waals surface area contributed by atoms with E-state index in [1.54, 1.807) is 4.90 Å². The lowest BCUT2D eigenvalue weighted by atomic mass is 9.97. The average molecular weight is 252 g/mol. The van der Waals surface area contributed by atoms with Gasteiger partial charge in [-0.05, 0) is 25.0 Å². The third kappa shape index (κ3) is 2.05. The molecule has 18 heavy (non-hydrogen) atoms. The largest absolute Gasteiger partial charge is 0.342 e. The Balaban J connectivity index is 2.33. The van der Waals surface area contributed by atoms with Crippen molar-refractivity contribution in [2.24, 2.45) is 0 Å². The second-order valence-corrected chi connectivity index (χ2v) is 4.23. The Kier molecular flexibility index (Phi) is 3.27. The van der Waals surface area contributed by atoms with Crippen LogP contribution in [0.4, 0.5) is 10.1 Å². The normalized spacial score (nSPS) is 19.3. The van der Waals surface area contributed by atoms with E-state index in [0.29, 0.717) is 25.1 Å². The van der Waals surface area contributed by atoms with Crippen LogP contribution in [0, 0.1) is 15.9 Å². The third-order valence-corrected chi connectivity index (χ3v) is 3.25. The maximum Gasteiger partial charge on any atom is 0.305 e. The number of carbonyl (C=O) groups excluding carboxylic acids is 1. The Hall–Kier alpha value is -1.98. The van der Waals surface area contributed by atoms with Crippen molar-refractivity contribution in [3.05, 3.63) is 39.7 Å². The number of nitrogens with zero attached hydrogens (tertiary/aromatic N) is 2. The van der Waals surface area contributed by atoms with Gasteiger partial charge >= 0.3 is 5.69 Å². The van der Waals surface area contributed by atoms with Crippen molar-refractivity contribution in [2.45, 2.75) is 19.3 Å². The predicted octanol–water partition coefficient (Wildman–Crippen LogP) is 2.07. The number of hydrogen-bond acceptors (Lipinski definition) is 3. The summed E-state index contributed by atoms with van der Waals surface area (Å²) in [5.74, 6) is -1.30. The highest BCUT2D eigenvalue weighted by atomic mass is 19.1. The molecule has 1 heterocycles. The van der Waals surface area contributed by atoms with E-state index < -0.39 is 16.4 Å². The SMILES string of the molecule is CCN1CCC(c2ccc(F)c([N+](=O)[O-])c2)C1=O. The molecule has 2 rings (SSSR count). The Labute approximate surface area is 103 Å². The molecule has 0 aromatic heterocycles. The van der Waals surface area contributed by atoms with E-state index in [-0.39, 0.29) is 11.8 Å². The second kappa shape index (κ2) is 4.72. The van der Waals surface area contributed by atoms with E-state index in [1.807, 2.05) is 6.92 Å². The van der Waals surface area contributed by atoms with Gasteiger partial charge in [-0.2, -0.15) is 4.39 Å². The van der Waals surface area contributed by atoms with Gasteiger partial charge in [0.15, 0.2) is 0 Å². The molecule has 0 aliphatic carbocycles. The lowest BCUT2D eigenvalue weighted by molar-refractivity contribution is -0.387. The minimum Gasteiger partial charge on any atom is -0.342 e. The summed E-state index contributed by atoms with van der Waals surface area (Å²) in [4.78, 5) is 23.6. The van der Waals surface area contributed by atoms with Gasteiger partial charge < -0.3 is 4.90 Å². The molecule has 0 radical (unpaired) electrons. The lowest BCUT2D eigenvalue weighted by Crippen LogP contribution is -2.26. The van der Waals surface area contributed by atoms with Gasteiger partial charge in [-0.15, -0.1) is 0 Å². The molecule has 1 atom stereocenters. The first-order chi connectivity index (χ1) is 8.54. The highest BCUT2D eigenvalue weighted by molar-refractivity contribution is 5.85. The summed E-state index contributed by atoms with van der Waals surface area (Å²) >= 11 is 0. The maximum absolute atomic E-state index is 13.2. The van der Waals surface area contributed by atoms with E-state index in [0.717, 1.165) is 12.1 Å². The van der Waals surface area contributed by atoms with Crippen LogP contribution < -0.4 is 0 Å². The van der Waals surface area contributed by atoms with E-state index in [2.05, 4.69) is 0 Å². The number of amides is 1. The third-order valence-electron chi connectivity index (χ3n) is 3.25. The molecule has 6 heteroatoms. The van der Waals surface area contributed by atoms with Crippen molar-refractivity contribution in [1.29, 1.82) is 0 Å². The summed E-state index contributed by atoms with van der Waals surface area (Å²) in [6.07, 6.45) is 0.620. The number of likely N-dealkylation sites (tertiary alicyclic amines) is 1. The molecule has 1 aliphatic rings. The van der Waals surface area contributed by atoms with Crippen molar-refractivity contribution < 1.29 is 14.1 Å². The van der Waals surface area contributed by atoms with Crippen LogP contribution >= 0.6 is 0 Å². The van der Waals surface area contributed by atoms with Crippen LogP contribution in [0.25, 0.3) is 0 Å². The zero-order valence-corrected chi connectivity index (χ0v) is 9.93. The zero-order valence-electron chi connectivity index (χ0n) is 9.93. The van der Waals surface area contributed by atoms with Crippen molar-refractivity contribution in [1.82, 2.24) is 4.90 Å². The molecule has 1 saturated heterocycles. The van der Waals surface area contributed by atoms with Crippen LogP contribution in [0.2, 0.25) is 0 Å². The van der Waals surface area contributed by atoms with Gasteiger partial charge in [-0.1, -0.05) is 6.07 Å². The molecule has 5 nitrogen and oxygen atoms in total. The number of nitro benzene ring substituents is 1. The monoisotopic (exact) mass is 252 g/mol. The van der Waals surface area contributed by atoms with Gasteiger partial charge in [0.1, 0.15) is 0 Å². The smallest absolute Gasteiger partial charge is 0.305 e.